The third-order valence-electron chi connectivity index (χ3n) is 4.80. The molecule has 1 unspecified atom stereocenters. The number of hydrogen-bond acceptors (Lipinski definition) is 2. The minimum atomic E-state index is -4.59. The molecule has 0 aromatic heterocycles. The van der Waals surface area contributed by atoms with Gasteiger partial charge in [-0.2, -0.15) is 8.78 Å². The summed E-state index contributed by atoms with van der Waals surface area (Å²) in [7, 11) is -1.76. The normalized spacial score (nSPS) is 16.8. The molecule has 176 valence electrons. The SMILES string of the molecule is CC(C)(C)S(=O)N[C@@H](c1cc(F)cc(C(F)(F)C(F)F)c1)c1ccc(F)c(OC2CC2)c1. The van der Waals surface area contributed by atoms with Crippen molar-refractivity contribution >= 4 is 11.0 Å². The van der Waals surface area contributed by atoms with Gasteiger partial charge in [-0.25, -0.2) is 26.5 Å². The van der Waals surface area contributed by atoms with E-state index < -0.39 is 51.3 Å². The number of rotatable bonds is 8. The molecule has 1 aliphatic rings. The Morgan fingerprint density at radius 3 is 2.25 bits per heavy atom. The average Bonchev–Trinajstić information content (AvgIpc) is 3.50. The molecule has 0 radical (unpaired) electrons. The van der Waals surface area contributed by atoms with Crippen LogP contribution in [-0.2, 0) is 16.9 Å². The molecule has 10 heteroatoms. The van der Waals surface area contributed by atoms with Gasteiger partial charge in [0, 0.05) is 5.56 Å². The van der Waals surface area contributed by atoms with Gasteiger partial charge in [0.05, 0.1) is 27.9 Å². The van der Waals surface area contributed by atoms with Crippen molar-refractivity contribution in [3.63, 3.8) is 0 Å². The van der Waals surface area contributed by atoms with E-state index in [0.29, 0.717) is 6.07 Å². The molecule has 0 amide bonds. The summed E-state index contributed by atoms with van der Waals surface area (Å²) in [5, 5.41) is 0. The van der Waals surface area contributed by atoms with Crippen LogP contribution in [0.2, 0.25) is 0 Å². The van der Waals surface area contributed by atoms with Crippen molar-refractivity contribution in [2.75, 3.05) is 0 Å². The highest BCUT2D eigenvalue weighted by Gasteiger charge is 2.43. The maximum atomic E-state index is 14.2. The molecule has 1 fully saturated rings. The fourth-order valence-electron chi connectivity index (χ4n) is 2.87. The van der Waals surface area contributed by atoms with Crippen LogP contribution in [0.25, 0.3) is 0 Å². The minimum absolute atomic E-state index is 0.0899. The molecule has 0 bridgehead atoms. The smallest absolute Gasteiger partial charge is 0.332 e. The van der Waals surface area contributed by atoms with Crippen LogP contribution < -0.4 is 9.46 Å². The van der Waals surface area contributed by atoms with Gasteiger partial charge < -0.3 is 4.74 Å². The van der Waals surface area contributed by atoms with E-state index in [4.69, 9.17) is 4.74 Å². The topological polar surface area (TPSA) is 38.3 Å². The summed E-state index contributed by atoms with van der Waals surface area (Å²) in [5.41, 5.74) is -1.13. The van der Waals surface area contributed by atoms with E-state index >= 15 is 0 Å². The van der Waals surface area contributed by atoms with Gasteiger partial charge in [0.25, 0.3) is 0 Å². The van der Waals surface area contributed by atoms with E-state index in [1.54, 1.807) is 20.8 Å². The Kier molecular flexibility index (Phi) is 6.95. The minimum Gasteiger partial charge on any atom is -0.487 e. The lowest BCUT2D eigenvalue weighted by Crippen LogP contribution is -2.36. The van der Waals surface area contributed by atoms with Gasteiger partial charge in [0.15, 0.2) is 11.6 Å². The molecule has 2 atom stereocenters. The van der Waals surface area contributed by atoms with Gasteiger partial charge in [-0.3, -0.25) is 0 Å². The van der Waals surface area contributed by atoms with Gasteiger partial charge in [-0.15, -0.1) is 0 Å². The summed E-state index contributed by atoms with van der Waals surface area (Å²) < 4.78 is 102. The van der Waals surface area contributed by atoms with Crippen LogP contribution in [0.15, 0.2) is 36.4 Å². The average molecular weight is 479 g/mol. The first-order chi connectivity index (χ1) is 14.8. The maximum absolute atomic E-state index is 14.2. The summed E-state index contributed by atoms with van der Waals surface area (Å²) in [6.45, 7) is 4.96. The molecule has 0 spiro atoms. The molecule has 2 aromatic rings. The quantitative estimate of drug-likeness (QED) is 0.472. The standard InChI is InChI=1S/C22H23F6NO2S/c1-21(2,3)32(30)29-19(12-4-7-17(24)18(10-12)31-16-5-6-16)13-8-14(11-15(23)9-13)22(27,28)20(25)26/h4,7-11,16,19-20,29H,5-6H2,1-3H3/t19-,32?/m1/s1. The molecule has 1 saturated carbocycles. The zero-order valence-electron chi connectivity index (χ0n) is 17.6. The van der Waals surface area contributed by atoms with E-state index in [0.717, 1.165) is 31.0 Å². The third-order valence-corrected chi connectivity index (χ3v) is 6.36. The predicted molar refractivity (Wildman–Crippen MR) is 109 cm³/mol. The largest absolute Gasteiger partial charge is 0.487 e. The van der Waals surface area contributed by atoms with E-state index in [1.165, 1.54) is 12.1 Å². The van der Waals surface area contributed by atoms with Crippen molar-refractivity contribution in [1.82, 2.24) is 4.72 Å². The van der Waals surface area contributed by atoms with Crippen LogP contribution in [0, 0.1) is 11.6 Å². The van der Waals surface area contributed by atoms with E-state index in [9.17, 15) is 30.6 Å². The summed E-state index contributed by atoms with van der Waals surface area (Å²) in [4.78, 5) is 0. The van der Waals surface area contributed by atoms with Gasteiger partial charge in [0.1, 0.15) is 5.82 Å². The van der Waals surface area contributed by atoms with Crippen LogP contribution in [0.5, 0.6) is 5.75 Å². The van der Waals surface area contributed by atoms with Crippen molar-refractivity contribution in [1.29, 1.82) is 0 Å². The molecule has 0 aliphatic heterocycles. The number of benzene rings is 2. The highest BCUT2D eigenvalue weighted by atomic mass is 32.2. The molecule has 3 rings (SSSR count). The highest BCUT2D eigenvalue weighted by Crippen LogP contribution is 2.38. The maximum Gasteiger partial charge on any atom is 0.332 e. The monoisotopic (exact) mass is 479 g/mol. The van der Waals surface area contributed by atoms with Crippen LogP contribution >= 0.6 is 0 Å². The van der Waals surface area contributed by atoms with Crippen LogP contribution in [0.1, 0.15) is 56.3 Å². The lowest BCUT2D eigenvalue weighted by Gasteiger charge is -2.26. The van der Waals surface area contributed by atoms with Crippen LogP contribution in [-0.4, -0.2) is 21.5 Å². The zero-order chi connectivity index (χ0) is 23.8. The second kappa shape index (κ2) is 9.05. The number of ether oxygens (including phenoxy) is 1. The Balaban J connectivity index is 2.10. The van der Waals surface area contributed by atoms with Crippen molar-refractivity contribution in [3.05, 3.63) is 64.7 Å². The van der Waals surface area contributed by atoms with Crippen LogP contribution in [0.3, 0.4) is 0 Å². The molecular formula is C22H23F6NO2S. The van der Waals surface area contributed by atoms with E-state index in [-0.39, 0.29) is 23.0 Å². The Hall–Kier alpha value is -2.07. The number of nitrogens with one attached hydrogen (secondary N) is 1. The van der Waals surface area contributed by atoms with Gasteiger partial charge in [-0.1, -0.05) is 6.07 Å². The summed E-state index contributed by atoms with van der Waals surface area (Å²) in [5.74, 6) is -6.50. The van der Waals surface area contributed by atoms with E-state index in [1.807, 2.05) is 0 Å². The van der Waals surface area contributed by atoms with Crippen molar-refractivity contribution in [3.8, 4) is 5.75 Å². The van der Waals surface area contributed by atoms with Gasteiger partial charge >= 0.3 is 12.3 Å². The molecule has 0 saturated heterocycles. The summed E-state index contributed by atoms with van der Waals surface area (Å²) in [6, 6.07) is 4.49. The van der Waals surface area contributed by atoms with Gasteiger partial charge in [-0.05, 0) is 75.1 Å². The molecule has 1 N–H and O–H groups in total. The molecule has 0 heterocycles. The fraction of sp³-hybridized carbons (Fsp3) is 0.455. The first-order valence-electron chi connectivity index (χ1n) is 9.90. The zero-order valence-corrected chi connectivity index (χ0v) is 18.4. The fourth-order valence-corrected chi connectivity index (χ4v) is 3.70. The second-order valence-corrected chi connectivity index (χ2v) is 10.6. The Bertz CT molecular complexity index is 1000. The molecule has 3 nitrogen and oxygen atoms in total. The predicted octanol–water partition coefficient (Wildman–Crippen LogP) is 6.00. The summed E-state index contributed by atoms with van der Waals surface area (Å²) >= 11 is 0. The van der Waals surface area contributed by atoms with Crippen molar-refractivity contribution in [2.24, 2.45) is 0 Å². The highest BCUT2D eigenvalue weighted by molar-refractivity contribution is 7.84. The Morgan fingerprint density at radius 1 is 1.03 bits per heavy atom. The first kappa shape index (κ1) is 24.6. The second-order valence-electron chi connectivity index (χ2n) is 8.64. The number of hydrogen-bond donors (Lipinski definition) is 1. The number of alkyl halides is 4. The van der Waals surface area contributed by atoms with Crippen molar-refractivity contribution in [2.45, 2.75) is 62.9 Å². The third kappa shape index (κ3) is 5.64. The van der Waals surface area contributed by atoms with E-state index in [2.05, 4.69) is 4.72 Å². The first-order valence-corrected chi connectivity index (χ1v) is 11.0. The van der Waals surface area contributed by atoms with Crippen molar-refractivity contribution < 1.29 is 35.3 Å². The molecule has 1 aliphatic carbocycles. The summed E-state index contributed by atoms with van der Waals surface area (Å²) in [6.07, 6.45) is -2.66. The molecule has 32 heavy (non-hydrogen) atoms. The lowest BCUT2D eigenvalue weighted by molar-refractivity contribution is -0.135. The van der Waals surface area contributed by atoms with Crippen LogP contribution in [0.4, 0.5) is 26.3 Å². The molecular weight excluding hydrogens is 456 g/mol. The Morgan fingerprint density at radius 2 is 1.69 bits per heavy atom. The Labute approximate surface area is 184 Å². The molecule has 2 aromatic carbocycles. The van der Waals surface area contributed by atoms with Gasteiger partial charge in [0.2, 0.25) is 0 Å². The number of halogens is 6. The lowest BCUT2D eigenvalue weighted by atomic mass is 9.95.